The molecule has 3 amide bonds. The van der Waals surface area contributed by atoms with Crippen molar-refractivity contribution in [2.24, 2.45) is 7.05 Å². The van der Waals surface area contributed by atoms with E-state index in [1.807, 2.05) is 31.5 Å². The standard InChI is InChI=1S/C46H52N8O4S/c1-28-25-48-41-40-33-13-14-34(50-35(33)15-17-38(40)59-43(41)45(57)49-28)32-24-31(26-47-27-32)29-19-22-53(23-20-29)21-8-6-4-3-5-7-10-30-11-9-12-36-42(30)52(2)46(58)54(36)37-16-18-39(55)51-44(37)56/h9,11-15,17,24,26-29,37,48H,3-8,10,16,18-23,25H2,1-2H3,(H,49,57)(H,51,55,56)/t28-,37?/m1/s1. The number of hydrogen-bond donors (Lipinski definition) is 3. The number of nitrogens with zero attached hydrogens (tertiary/aromatic N) is 5. The van der Waals surface area contributed by atoms with Gasteiger partial charge < -0.3 is 15.5 Å². The van der Waals surface area contributed by atoms with Gasteiger partial charge in [0.25, 0.3) is 5.91 Å². The second-order valence-corrected chi connectivity index (χ2v) is 17.8. The van der Waals surface area contributed by atoms with Gasteiger partial charge in [-0.1, -0.05) is 37.8 Å². The van der Waals surface area contributed by atoms with Crippen LogP contribution < -0.4 is 21.6 Å². The number of fused-ring (bicyclic) bond motifs is 6. The lowest BCUT2D eigenvalue weighted by atomic mass is 9.89. The summed E-state index contributed by atoms with van der Waals surface area (Å²) in [4.78, 5) is 63.5. The molecule has 0 saturated carbocycles. The van der Waals surface area contributed by atoms with Crippen LogP contribution in [0.15, 0.2) is 65.7 Å². The van der Waals surface area contributed by atoms with Gasteiger partial charge in [-0.25, -0.2) is 9.78 Å². The second-order valence-electron chi connectivity index (χ2n) is 16.7. The zero-order valence-corrected chi connectivity index (χ0v) is 34.7. The maximum atomic E-state index is 13.2. The van der Waals surface area contributed by atoms with E-state index in [0.717, 1.165) is 111 Å². The molecule has 0 spiro atoms. The summed E-state index contributed by atoms with van der Waals surface area (Å²) in [6.45, 7) is 6.06. The normalized spacial score (nSPS) is 19.2. The molecule has 7 heterocycles. The van der Waals surface area contributed by atoms with Crippen LogP contribution in [0.4, 0.5) is 5.69 Å². The summed E-state index contributed by atoms with van der Waals surface area (Å²) in [5.74, 6) is -0.210. The van der Waals surface area contributed by atoms with Crippen LogP contribution >= 0.6 is 11.3 Å². The van der Waals surface area contributed by atoms with Gasteiger partial charge >= 0.3 is 5.69 Å². The van der Waals surface area contributed by atoms with Crippen molar-refractivity contribution in [3.8, 4) is 11.3 Å². The quantitative estimate of drug-likeness (QED) is 0.0855. The molecule has 13 heteroatoms. The predicted octanol–water partition coefficient (Wildman–Crippen LogP) is 7.45. The molecule has 2 aromatic carbocycles. The fourth-order valence-electron chi connectivity index (χ4n) is 9.51. The summed E-state index contributed by atoms with van der Waals surface area (Å²) in [7, 11) is 1.77. The van der Waals surface area contributed by atoms with E-state index in [1.165, 1.54) is 42.6 Å². The molecule has 59 heavy (non-hydrogen) atoms. The van der Waals surface area contributed by atoms with Crippen molar-refractivity contribution in [2.75, 3.05) is 31.5 Å². The fraction of sp³-hybridized carbons (Fsp3) is 0.435. The number of carbonyl (C=O) groups excluding carboxylic acids is 3. The minimum atomic E-state index is -0.661. The number of likely N-dealkylation sites (tertiary alicyclic amines) is 1. The molecule has 9 rings (SSSR count). The molecule has 6 aromatic rings. The highest BCUT2D eigenvalue weighted by molar-refractivity contribution is 7.21. The van der Waals surface area contributed by atoms with Crippen LogP contribution in [0.3, 0.4) is 0 Å². The van der Waals surface area contributed by atoms with Gasteiger partial charge in [0.2, 0.25) is 11.8 Å². The van der Waals surface area contributed by atoms with Crippen molar-refractivity contribution in [2.45, 2.75) is 95.6 Å². The second kappa shape index (κ2) is 16.7. The number of aromatic nitrogens is 4. The first-order chi connectivity index (χ1) is 28.7. The molecule has 306 valence electrons. The van der Waals surface area contributed by atoms with Gasteiger partial charge in [-0.05, 0) is 119 Å². The lowest BCUT2D eigenvalue weighted by Gasteiger charge is -2.32. The zero-order valence-electron chi connectivity index (χ0n) is 33.9. The lowest BCUT2D eigenvalue weighted by Crippen LogP contribution is -2.44. The summed E-state index contributed by atoms with van der Waals surface area (Å²) in [5.41, 5.74) is 7.63. The molecule has 3 N–H and O–H groups in total. The number of anilines is 1. The molecule has 0 radical (unpaired) electrons. The summed E-state index contributed by atoms with van der Waals surface area (Å²) in [6.07, 6.45) is 14.7. The van der Waals surface area contributed by atoms with Gasteiger partial charge in [-0.15, -0.1) is 11.3 Å². The van der Waals surface area contributed by atoms with Gasteiger partial charge in [-0.3, -0.25) is 33.8 Å². The Morgan fingerprint density at radius 2 is 1.71 bits per heavy atom. The van der Waals surface area contributed by atoms with Crippen molar-refractivity contribution in [3.63, 3.8) is 0 Å². The number of imide groups is 1. The molecule has 0 bridgehead atoms. The molecule has 12 nitrogen and oxygen atoms in total. The Morgan fingerprint density at radius 1 is 0.898 bits per heavy atom. The van der Waals surface area contributed by atoms with Crippen molar-refractivity contribution in [1.82, 2.24) is 34.6 Å². The van der Waals surface area contributed by atoms with Crippen LogP contribution in [-0.2, 0) is 23.1 Å². The molecule has 2 atom stereocenters. The summed E-state index contributed by atoms with van der Waals surface area (Å²) in [6, 6.07) is 16.0. The highest BCUT2D eigenvalue weighted by atomic mass is 32.1. The van der Waals surface area contributed by atoms with Crippen LogP contribution in [0.25, 0.3) is 43.3 Å². The Hall–Kier alpha value is -5.40. The first-order valence-corrected chi connectivity index (χ1v) is 22.2. The highest BCUT2D eigenvalue weighted by Crippen LogP contribution is 2.41. The van der Waals surface area contributed by atoms with E-state index in [9.17, 15) is 19.2 Å². The number of imidazole rings is 1. The number of benzene rings is 2. The molecular weight excluding hydrogens is 761 g/mol. The first kappa shape index (κ1) is 39.1. The molecule has 2 fully saturated rings. The third-order valence-corrected chi connectivity index (χ3v) is 13.8. The lowest BCUT2D eigenvalue weighted by molar-refractivity contribution is -0.135. The van der Waals surface area contributed by atoms with Crippen molar-refractivity contribution >= 4 is 66.8 Å². The average Bonchev–Trinajstić information content (AvgIpc) is 3.70. The number of amides is 3. The van der Waals surface area contributed by atoms with Crippen molar-refractivity contribution in [3.05, 3.63) is 87.4 Å². The Bertz CT molecular complexity index is 2640. The maximum Gasteiger partial charge on any atom is 0.329 e. The summed E-state index contributed by atoms with van der Waals surface area (Å²) < 4.78 is 4.31. The number of unbranched alkanes of at least 4 members (excludes halogenated alkanes) is 5. The molecule has 4 aromatic heterocycles. The fourth-order valence-corrected chi connectivity index (χ4v) is 10.6. The molecule has 2 saturated heterocycles. The number of thiophene rings is 1. The smallest absolute Gasteiger partial charge is 0.329 e. The average molecular weight is 813 g/mol. The largest absolute Gasteiger partial charge is 0.381 e. The third kappa shape index (κ3) is 7.78. The Balaban J connectivity index is 0.732. The molecule has 3 aliphatic rings. The number of nitrogens with one attached hydrogen (secondary N) is 3. The number of para-hydroxylation sites is 1. The van der Waals surface area contributed by atoms with Crippen molar-refractivity contribution in [1.29, 1.82) is 0 Å². The van der Waals surface area contributed by atoms with Gasteiger partial charge in [0.05, 0.1) is 27.9 Å². The van der Waals surface area contributed by atoms with E-state index in [1.54, 1.807) is 16.2 Å². The van der Waals surface area contributed by atoms with Crippen LogP contribution in [0, 0.1) is 0 Å². The van der Waals surface area contributed by atoms with E-state index in [-0.39, 0.29) is 30.0 Å². The molecular formula is C46H52N8O4S. The summed E-state index contributed by atoms with van der Waals surface area (Å²) in [5, 5.41) is 11.1. The predicted molar refractivity (Wildman–Crippen MR) is 234 cm³/mol. The van der Waals surface area contributed by atoms with Crippen LogP contribution in [0.2, 0.25) is 0 Å². The Morgan fingerprint density at radius 3 is 2.54 bits per heavy atom. The van der Waals surface area contributed by atoms with Gasteiger partial charge in [0, 0.05) is 59.5 Å². The Kier molecular flexibility index (Phi) is 11.1. The minimum absolute atomic E-state index is 0.0176. The number of aryl methyl sites for hydroxylation is 2. The van der Waals surface area contributed by atoms with Gasteiger partial charge in [-0.2, -0.15) is 0 Å². The van der Waals surface area contributed by atoms with E-state index < -0.39 is 11.9 Å². The van der Waals surface area contributed by atoms with Crippen LogP contribution in [0.1, 0.15) is 104 Å². The highest BCUT2D eigenvalue weighted by Gasteiger charge is 2.32. The zero-order chi connectivity index (χ0) is 40.6. The number of piperidine rings is 2. The SMILES string of the molecule is C[C@@H]1CNc2c(sc3ccc4nc(-c5cncc(C6CCN(CCCCCCCCc7cccc8c7n(C)c(=O)n8C7CCC(=O)NC7=O)CC6)c5)ccc4c23)C(=O)N1. The number of rotatable bonds is 12. The van der Waals surface area contributed by atoms with Crippen LogP contribution in [0.5, 0.6) is 0 Å². The van der Waals surface area contributed by atoms with E-state index >= 15 is 0 Å². The minimum Gasteiger partial charge on any atom is -0.381 e. The molecule has 3 aliphatic heterocycles. The van der Waals surface area contributed by atoms with Gasteiger partial charge in [0.1, 0.15) is 10.9 Å². The third-order valence-electron chi connectivity index (χ3n) is 12.7. The van der Waals surface area contributed by atoms with E-state index in [2.05, 4.69) is 62.2 Å². The van der Waals surface area contributed by atoms with E-state index in [0.29, 0.717) is 18.9 Å². The number of pyridine rings is 2. The van der Waals surface area contributed by atoms with Crippen molar-refractivity contribution < 1.29 is 14.4 Å². The summed E-state index contributed by atoms with van der Waals surface area (Å²) >= 11 is 1.53. The first-order valence-electron chi connectivity index (χ1n) is 21.3. The number of carbonyl (C=O) groups is 3. The Labute approximate surface area is 347 Å². The number of hydrogen-bond acceptors (Lipinski definition) is 9. The maximum absolute atomic E-state index is 13.2. The molecule has 0 aliphatic carbocycles. The topological polar surface area (TPSA) is 143 Å². The molecule has 1 unspecified atom stereocenters. The van der Waals surface area contributed by atoms with E-state index in [4.69, 9.17) is 4.98 Å². The van der Waals surface area contributed by atoms with Gasteiger partial charge in [0.15, 0.2) is 0 Å². The monoisotopic (exact) mass is 812 g/mol. The van der Waals surface area contributed by atoms with Crippen LogP contribution in [-0.4, -0.2) is 73.9 Å².